The molecule has 1 atom stereocenters. The maximum absolute atomic E-state index is 12.8. The Bertz CT molecular complexity index is 936. The Morgan fingerprint density at radius 1 is 1.14 bits per heavy atom. The Morgan fingerprint density at radius 3 is 2.72 bits per heavy atom. The smallest absolute Gasteiger partial charge is 0.222 e. The number of likely N-dealkylation sites (tertiary alicyclic amines) is 1. The van der Waals surface area contributed by atoms with E-state index in [-0.39, 0.29) is 11.9 Å². The van der Waals surface area contributed by atoms with Gasteiger partial charge in [0.1, 0.15) is 5.82 Å². The first-order valence-electron chi connectivity index (χ1n) is 10.5. The molecule has 1 aliphatic rings. The molecule has 1 fully saturated rings. The van der Waals surface area contributed by atoms with Crippen LogP contribution in [0.3, 0.4) is 0 Å². The summed E-state index contributed by atoms with van der Waals surface area (Å²) in [5, 5.41) is 0. The Morgan fingerprint density at radius 2 is 1.93 bits per heavy atom. The van der Waals surface area contributed by atoms with Crippen molar-refractivity contribution in [1.82, 2.24) is 19.4 Å². The zero-order valence-electron chi connectivity index (χ0n) is 17.0. The van der Waals surface area contributed by atoms with Crippen molar-refractivity contribution >= 4 is 5.91 Å². The van der Waals surface area contributed by atoms with Gasteiger partial charge in [-0.2, -0.15) is 0 Å². The second kappa shape index (κ2) is 9.03. The highest BCUT2D eigenvalue weighted by molar-refractivity contribution is 5.76. The fraction of sp³-hybridized carbons (Fsp3) is 0.375. The van der Waals surface area contributed by atoms with E-state index in [1.165, 1.54) is 5.56 Å². The van der Waals surface area contributed by atoms with Crippen LogP contribution in [0.5, 0.6) is 0 Å². The van der Waals surface area contributed by atoms with Crippen LogP contribution in [0.1, 0.15) is 43.0 Å². The molecular weight excluding hydrogens is 360 g/mol. The molecule has 4 rings (SSSR count). The highest BCUT2D eigenvalue weighted by atomic mass is 16.2. The lowest BCUT2D eigenvalue weighted by Crippen LogP contribution is -2.41. The number of aryl methyl sites for hydroxylation is 2. The number of carbonyl (C=O) groups is 1. The van der Waals surface area contributed by atoms with Crippen molar-refractivity contribution in [2.75, 3.05) is 13.1 Å². The van der Waals surface area contributed by atoms with Crippen molar-refractivity contribution < 1.29 is 4.79 Å². The number of imidazole rings is 1. The van der Waals surface area contributed by atoms with Crippen LogP contribution in [-0.4, -0.2) is 38.4 Å². The highest BCUT2D eigenvalue weighted by Gasteiger charge is 2.27. The van der Waals surface area contributed by atoms with Gasteiger partial charge < -0.3 is 9.47 Å². The van der Waals surface area contributed by atoms with E-state index in [0.29, 0.717) is 6.42 Å². The lowest BCUT2D eigenvalue weighted by Gasteiger charge is -2.35. The molecule has 29 heavy (non-hydrogen) atoms. The minimum atomic E-state index is 0.271. The van der Waals surface area contributed by atoms with Gasteiger partial charge in [-0.05, 0) is 50.3 Å². The summed E-state index contributed by atoms with van der Waals surface area (Å²) >= 11 is 0. The third kappa shape index (κ3) is 4.56. The largest absolute Gasteiger partial charge is 0.341 e. The molecule has 0 N–H and O–H groups in total. The average molecular weight is 389 g/mol. The predicted molar refractivity (Wildman–Crippen MR) is 114 cm³/mol. The van der Waals surface area contributed by atoms with Crippen LogP contribution >= 0.6 is 0 Å². The lowest BCUT2D eigenvalue weighted by molar-refractivity contribution is -0.132. The van der Waals surface area contributed by atoms with Crippen LogP contribution in [0.2, 0.25) is 0 Å². The summed E-state index contributed by atoms with van der Waals surface area (Å²) < 4.78 is 2.30. The van der Waals surface area contributed by atoms with Crippen molar-refractivity contribution in [2.24, 2.45) is 0 Å². The van der Waals surface area contributed by atoms with Gasteiger partial charge in [-0.15, -0.1) is 0 Å². The van der Waals surface area contributed by atoms with Crippen molar-refractivity contribution in [2.45, 2.75) is 45.1 Å². The maximum Gasteiger partial charge on any atom is 0.222 e. The average Bonchev–Trinajstić information content (AvgIpc) is 3.16. The first-order chi connectivity index (χ1) is 14.2. The van der Waals surface area contributed by atoms with Gasteiger partial charge in [0.2, 0.25) is 5.91 Å². The summed E-state index contributed by atoms with van der Waals surface area (Å²) in [6.07, 6.45) is 10.1. The molecule has 1 amide bonds. The summed E-state index contributed by atoms with van der Waals surface area (Å²) in [7, 11) is 0. The first kappa shape index (κ1) is 19.4. The van der Waals surface area contributed by atoms with E-state index in [1.807, 2.05) is 24.4 Å². The fourth-order valence-electron chi connectivity index (χ4n) is 4.26. The van der Waals surface area contributed by atoms with E-state index >= 15 is 0 Å². The summed E-state index contributed by atoms with van der Waals surface area (Å²) in [6, 6.07) is 14.7. The standard InChI is InChI=1S/C24H28N4O/c1-19-17-26-24(21-12-14-25-15-13-21)28(19)22-10-6-16-27(18-22)23(29)11-5-9-20-7-3-2-4-8-20/h2-4,7-8,12-15,17,22H,5-6,9-11,16,18H2,1H3. The topological polar surface area (TPSA) is 51.0 Å². The Kier molecular flexibility index (Phi) is 6.03. The number of hydrogen-bond donors (Lipinski definition) is 0. The molecule has 3 aromatic rings. The second-order valence-corrected chi connectivity index (χ2v) is 7.80. The van der Waals surface area contributed by atoms with E-state index in [9.17, 15) is 4.79 Å². The van der Waals surface area contributed by atoms with Gasteiger partial charge in [0.05, 0.1) is 6.04 Å². The number of benzene rings is 1. The molecule has 2 aromatic heterocycles. The number of carbonyl (C=O) groups excluding carboxylic acids is 1. The summed E-state index contributed by atoms with van der Waals surface area (Å²) in [5.41, 5.74) is 3.51. The number of hydrogen-bond acceptors (Lipinski definition) is 3. The predicted octanol–water partition coefficient (Wildman–Crippen LogP) is 4.44. The fourth-order valence-corrected chi connectivity index (χ4v) is 4.26. The van der Waals surface area contributed by atoms with Gasteiger partial charge in [0.15, 0.2) is 0 Å². The van der Waals surface area contributed by atoms with Gasteiger partial charge in [-0.1, -0.05) is 30.3 Å². The number of amides is 1. The number of pyridine rings is 1. The quantitative estimate of drug-likeness (QED) is 0.627. The molecule has 5 heteroatoms. The molecule has 0 aliphatic carbocycles. The van der Waals surface area contributed by atoms with Gasteiger partial charge in [-0.25, -0.2) is 4.98 Å². The molecule has 0 bridgehead atoms. The van der Waals surface area contributed by atoms with Crippen LogP contribution in [0.25, 0.3) is 11.4 Å². The monoisotopic (exact) mass is 388 g/mol. The van der Waals surface area contributed by atoms with Crippen LogP contribution in [0, 0.1) is 6.92 Å². The summed E-state index contributed by atoms with van der Waals surface area (Å²) in [6.45, 7) is 3.72. The number of piperidine rings is 1. The lowest BCUT2D eigenvalue weighted by atomic mass is 10.0. The van der Waals surface area contributed by atoms with Crippen molar-refractivity contribution in [1.29, 1.82) is 0 Å². The second-order valence-electron chi connectivity index (χ2n) is 7.80. The molecule has 150 valence electrons. The van der Waals surface area contributed by atoms with Gasteiger partial charge in [0.25, 0.3) is 0 Å². The first-order valence-corrected chi connectivity index (χ1v) is 10.5. The zero-order valence-corrected chi connectivity index (χ0v) is 17.0. The van der Waals surface area contributed by atoms with Crippen LogP contribution in [-0.2, 0) is 11.2 Å². The molecule has 1 unspecified atom stereocenters. The molecular formula is C24H28N4O. The van der Waals surface area contributed by atoms with Crippen LogP contribution < -0.4 is 0 Å². The van der Waals surface area contributed by atoms with Gasteiger partial charge in [0, 0.05) is 49.4 Å². The summed E-state index contributed by atoms with van der Waals surface area (Å²) in [5.74, 6) is 1.24. The van der Waals surface area contributed by atoms with Crippen molar-refractivity contribution in [3.63, 3.8) is 0 Å². The molecule has 0 spiro atoms. The normalized spacial score (nSPS) is 16.7. The Hall–Kier alpha value is -2.95. The molecule has 1 aliphatic heterocycles. The molecule has 1 aromatic carbocycles. The van der Waals surface area contributed by atoms with E-state index in [0.717, 1.165) is 55.9 Å². The number of aromatic nitrogens is 3. The maximum atomic E-state index is 12.8. The number of rotatable bonds is 6. The van der Waals surface area contributed by atoms with Gasteiger partial charge in [-0.3, -0.25) is 9.78 Å². The van der Waals surface area contributed by atoms with E-state index in [2.05, 4.69) is 50.6 Å². The van der Waals surface area contributed by atoms with E-state index < -0.39 is 0 Å². The zero-order chi connectivity index (χ0) is 20.1. The van der Waals surface area contributed by atoms with Crippen LogP contribution in [0.15, 0.2) is 61.1 Å². The van der Waals surface area contributed by atoms with Crippen LogP contribution in [0.4, 0.5) is 0 Å². The highest BCUT2D eigenvalue weighted by Crippen LogP contribution is 2.29. The van der Waals surface area contributed by atoms with Gasteiger partial charge >= 0.3 is 0 Å². The minimum absolute atomic E-state index is 0.271. The van der Waals surface area contributed by atoms with Crippen molar-refractivity contribution in [3.05, 3.63) is 72.3 Å². The molecule has 3 heterocycles. The molecule has 0 radical (unpaired) electrons. The molecule has 1 saturated heterocycles. The van der Waals surface area contributed by atoms with E-state index in [1.54, 1.807) is 12.4 Å². The Balaban J connectivity index is 1.41. The number of nitrogens with zero attached hydrogens (tertiary/aromatic N) is 4. The molecule has 5 nitrogen and oxygen atoms in total. The third-order valence-electron chi connectivity index (χ3n) is 5.73. The Labute approximate surface area is 172 Å². The SMILES string of the molecule is Cc1cnc(-c2ccncc2)n1C1CCCN(C(=O)CCCc2ccccc2)C1. The van der Waals surface area contributed by atoms with E-state index in [4.69, 9.17) is 0 Å². The van der Waals surface area contributed by atoms with Crippen molar-refractivity contribution in [3.8, 4) is 11.4 Å². The molecule has 0 saturated carbocycles. The summed E-state index contributed by atoms with van der Waals surface area (Å²) in [4.78, 5) is 23.6. The minimum Gasteiger partial charge on any atom is -0.341 e. The third-order valence-corrected chi connectivity index (χ3v) is 5.73.